The fraction of sp³-hybridized carbons (Fsp3) is 0.533. The Hall–Kier alpha value is -1.35. The van der Waals surface area contributed by atoms with E-state index >= 15 is 0 Å². The molecule has 0 bridgehead atoms. The van der Waals surface area contributed by atoms with E-state index in [1.54, 1.807) is 7.11 Å². The molecule has 1 aliphatic heterocycles. The second kappa shape index (κ2) is 4.39. The first kappa shape index (κ1) is 11.7. The highest BCUT2D eigenvalue weighted by atomic mass is 16.5. The molecule has 2 unspecified atom stereocenters. The van der Waals surface area contributed by atoms with Crippen LogP contribution in [-0.2, 0) is 0 Å². The predicted molar refractivity (Wildman–Crippen MR) is 70.3 cm³/mol. The van der Waals surface area contributed by atoms with Gasteiger partial charge in [0.2, 0.25) is 0 Å². The number of Topliss-reactive ketones (excluding diaryl/α,β-unsaturated/α-hetero) is 1. The topological polar surface area (TPSA) is 29.5 Å². The molecule has 1 aromatic carbocycles. The van der Waals surface area contributed by atoms with Crippen molar-refractivity contribution in [2.45, 2.75) is 18.8 Å². The lowest BCUT2D eigenvalue weighted by atomic mass is 9.71. The molecular formula is C15H19NO2. The number of likely N-dealkylation sites (N-methyl/N-ethyl adjacent to an activating group) is 1. The van der Waals surface area contributed by atoms with Crippen molar-refractivity contribution in [2.75, 3.05) is 27.2 Å². The van der Waals surface area contributed by atoms with E-state index in [4.69, 9.17) is 4.74 Å². The molecule has 3 heteroatoms. The van der Waals surface area contributed by atoms with E-state index in [1.165, 1.54) is 0 Å². The number of ketones is 1. The van der Waals surface area contributed by atoms with Crippen molar-refractivity contribution in [1.29, 1.82) is 0 Å². The van der Waals surface area contributed by atoms with Crippen molar-refractivity contribution in [1.82, 2.24) is 4.90 Å². The average molecular weight is 245 g/mol. The number of likely N-dealkylation sites (tertiary alicyclic amines) is 1. The summed E-state index contributed by atoms with van der Waals surface area (Å²) in [4.78, 5) is 14.6. The molecule has 0 amide bonds. The van der Waals surface area contributed by atoms with Gasteiger partial charge in [0, 0.05) is 30.0 Å². The largest absolute Gasteiger partial charge is 0.496 e. The van der Waals surface area contributed by atoms with Crippen LogP contribution in [0.3, 0.4) is 0 Å². The van der Waals surface area contributed by atoms with Crippen LogP contribution in [0.5, 0.6) is 5.75 Å². The van der Waals surface area contributed by atoms with Crippen LogP contribution in [0, 0.1) is 5.92 Å². The average Bonchev–Trinajstić information content (AvgIpc) is 2.39. The van der Waals surface area contributed by atoms with Crippen molar-refractivity contribution >= 4 is 5.78 Å². The Morgan fingerprint density at radius 2 is 2.22 bits per heavy atom. The zero-order valence-corrected chi connectivity index (χ0v) is 11.0. The highest BCUT2D eigenvalue weighted by molar-refractivity contribution is 5.99. The lowest BCUT2D eigenvalue weighted by Crippen LogP contribution is -2.40. The Morgan fingerprint density at radius 1 is 1.39 bits per heavy atom. The Kier molecular flexibility index (Phi) is 2.86. The van der Waals surface area contributed by atoms with Gasteiger partial charge < -0.3 is 9.64 Å². The van der Waals surface area contributed by atoms with E-state index in [0.29, 0.717) is 18.3 Å². The number of carbonyl (C=O) groups is 1. The zero-order valence-electron chi connectivity index (χ0n) is 11.0. The van der Waals surface area contributed by atoms with Gasteiger partial charge in [0.15, 0.2) is 5.78 Å². The van der Waals surface area contributed by atoms with E-state index in [1.807, 2.05) is 18.2 Å². The normalized spacial score (nSPS) is 27.6. The van der Waals surface area contributed by atoms with Gasteiger partial charge in [-0.05, 0) is 32.0 Å². The molecule has 0 radical (unpaired) electrons. The molecule has 1 aliphatic carbocycles. The number of nitrogens with zero attached hydrogens (tertiary/aromatic N) is 1. The van der Waals surface area contributed by atoms with E-state index in [9.17, 15) is 4.79 Å². The van der Waals surface area contributed by atoms with Crippen LogP contribution in [-0.4, -0.2) is 37.9 Å². The molecule has 0 N–H and O–H groups in total. The third-order valence-corrected chi connectivity index (χ3v) is 4.36. The number of rotatable bonds is 1. The SMILES string of the molecule is COc1cccc2c1C1CN(C)CCC1CC2=O. The van der Waals surface area contributed by atoms with Crippen LogP contribution in [0.2, 0.25) is 0 Å². The summed E-state index contributed by atoms with van der Waals surface area (Å²) in [5.74, 6) is 2.12. The number of hydrogen-bond acceptors (Lipinski definition) is 3. The molecule has 1 aromatic rings. The predicted octanol–water partition coefficient (Wildman–Crippen LogP) is 2.32. The fourth-order valence-corrected chi connectivity index (χ4v) is 3.43. The summed E-state index contributed by atoms with van der Waals surface area (Å²) in [6.45, 7) is 2.13. The molecule has 2 aliphatic rings. The zero-order chi connectivity index (χ0) is 12.7. The molecule has 1 heterocycles. The summed E-state index contributed by atoms with van der Waals surface area (Å²) in [6.07, 6.45) is 1.82. The number of methoxy groups -OCH3 is 1. The molecule has 1 fully saturated rings. The van der Waals surface area contributed by atoms with Crippen molar-refractivity contribution in [3.63, 3.8) is 0 Å². The second-order valence-electron chi connectivity index (χ2n) is 5.47. The van der Waals surface area contributed by atoms with Crippen LogP contribution < -0.4 is 4.74 Å². The van der Waals surface area contributed by atoms with E-state index < -0.39 is 0 Å². The van der Waals surface area contributed by atoms with Crippen LogP contribution in [0.4, 0.5) is 0 Å². The number of ether oxygens (including phenoxy) is 1. The third kappa shape index (κ3) is 1.74. The Bertz CT molecular complexity index is 483. The molecule has 0 spiro atoms. The summed E-state index contributed by atoms with van der Waals surface area (Å²) >= 11 is 0. The molecule has 96 valence electrons. The van der Waals surface area contributed by atoms with Crippen molar-refractivity contribution in [2.24, 2.45) is 5.92 Å². The molecular weight excluding hydrogens is 226 g/mol. The van der Waals surface area contributed by atoms with Crippen LogP contribution >= 0.6 is 0 Å². The van der Waals surface area contributed by atoms with Gasteiger partial charge in [-0.2, -0.15) is 0 Å². The van der Waals surface area contributed by atoms with Gasteiger partial charge in [-0.15, -0.1) is 0 Å². The summed E-state index contributed by atoms with van der Waals surface area (Å²) in [5.41, 5.74) is 2.03. The van der Waals surface area contributed by atoms with Crippen LogP contribution in [0.1, 0.15) is 34.7 Å². The number of piperidine rings is 1. The second-order valence-corrected chi connectivity index (χ2v) is 5.47. The maximum atomic E-state index is 12.2. The Morgan fingerprint density at radius 3 is 3.00 bits per heavy atom. The third-order valence-electron chi connectivity index (χ3n) is 4.36. The first-order valence-corrected chi connectivity index (χ1v) is 6.59. The summed E-state index contributed by atoms with van der Waals surface area (Å²) in [7, 11) is 3.85. The van der Waals surface area contributed by atoms with Gasteiger partial charge in [0.25, 0.3) is 0 Å². The minimum atomic E-state index is 0.287. The lowest BCUT2D eigenvalue weighted by Gasteiger charge is -2.40. The molecule has 2 atom stereocenters. The highest BCUT2D eigenvalue weighted by Crippen LogP contribution is 2.44. The minimum Gasteiger partial charge on any atom is -0.496 e. The summed E-state index contributed by atoms with van der Waals surface area (Å²) in [5, 5.41) is 0. The van der Waals surface area contributed by atoms with Crippen molar-refractivity contribution < 1.29 is 9.53 Å². The first-order chi connectivity index (χ1) is 8.70. The highest BCUT2D eigenvalue weighted by Gasteiger charge is 2.38. The number of benzene rings is 1. The quantitative estimate of drug-likeness (QED) is 0.760. The number of carbonyl (C=O) groups excluding carboxylic acids is 1. The van der Waals surface area contributed by atoms with Crippen molar-refractivity contribution in [3.8, 4) is 5.75 Å². The van der Waals surface area contributed by atoms with Crippen LogP contribution in [0.15, 0.2) is 18.2 Å². The summed E-state index contributed by atoms with van der Waals surface area (Å²) < 4.78 is 5.47. The van der Waals surface area contributed by atoms with Gasteiger partial charge >= 0.3 is 0 Å². The molecule has 3 nitrogen and oxygen atoms in total. The number of fused-ring (bicyclic) bond motifs is 3. The maximum Gasteiger partial charge on any atom is 0.163 e. The lowest BCUT2D eigenvalue weighted by molar-refractivity contribution is 0.0884. The Labute approximate surface area is 108 Å². The smallest absolute Gasteiger partial charge is 0.163 e. The molecule has 18 heavy (non-hydrogen) atoms. The first-order valence-electron chi connectivity index (χ1n) is 6.59. The molecule has 0 aromatic heterocycles. The number of hydrogen-bond donors (Lipinski definition) is 0. The van der Waals surface area contributed by atoms with Crippen LogP contribution in [0.25, 0.3) is 0 Å². The minimum absolute atomic E-state index is 0.287. The maximum absolute atomic E-state index is 12.2. The van der Waals surface area contributed by atoms with Gasteiger partial charge in [-0.25, -0.2) is 0 Å². The van der Waals surface area contributed by atoms with E-state index in [-0.39, 0.29) is 5.78 Å². The standard InChI is InChI=1S/C15H19NO2/c1-16-7-6-10-8-13(17)11-4-3-5-14(18-2)15(11)12(10)9-16/h3-5,10,12H,6-9H2,1-2H3. The molecule has 3 rings (SSSR count). The van der Waals surface area contributed by atoms with Gasteiger partial charge in [-0.1, -0.05) is 12.1 Å². The summed E-state index contributed by atoms with van der Waals surface area (Å²) in [6, 6.07) is 5.84. The van der Waals surface area contributed by atoms with E-state index in [0.717, 1.165) is 36.4 Å². The van der Waals surface area contributed by atoms with Gasteiger partial charge in [0.1, 0.15) is 5.75 Å². The van der Waals surface area contributed by atoms with E-state index in [2.05, 4.69) is 11.9 Å². The van der Waals surface area contributed by atoms with Crippen molar-refractivity contribution in [3.05, 3.63) is 29.3 Å². The monoisotopic (exact) mass is 245 g/mol. The molecule has 1 saturated heterocycles. The Balaban J connectivity index is 2.10. The molecule has 0 saturated carbocycles. The van der Waals surface area contributed by atoms with Gasteiger partial charge in [0.05, 0.1) is 7.11 Å². The fourth-order valence-electron chi connectivity index (χ4n) is 3.43. The van der Waals surface area contributed by atoms with Gasteiger partial charge in [-0.3, -0.25) is 4.79 Å².